The van der Waals surface area contributed by atoms with E-state index in [0.717, 1.165) is 5.56 Å². The number of hydrogen-bond acceptors (Lipinski definition) is 5. The first-order valence-corrected chi connectivity index (χ1v) is 8.15. The zero-order valence-corrected chi connectivity index (χ0v) is 14.4. The fraction of sp³-hybridized carbons (Fsp3) is 0.471. The van der Waals surface area contributed by atoms with Gasteiger partial charge < -0.3 is 26.6 Å². The number of rotatable bonds is 9. The number of carbonyl (C=O) groups is 3. The molecule has 0 saturated carbocycles. The summed E-state index contributed by atoms with van der Waals surface area (Å²) in [6.45, 7) is 3.63. The van der Waals surface area contributed by atoms with Gasteiger partial charge in [0.05, 0.1) is 18.5 Å². The number of carboxylic acids is 1. The lowest BCUT2D eigenvalue weighted by atomic mass is 10.0. The summed E-state index contributed by atoms with van der Waals surface area (Å²) < 4.78 is 0. The molecule has 0 aliphatic heterocycles. The van der Waals surface area contributed by atoms with Crippen LogP contribution >= 0.6 is 0 Å². The van der Waals surface area contributed by atoms with Crippen molar-refractivity contribution in [3.63, 3.8) is 0 Å². The predicted octanol–water partition coefficient (Wildman–Crippen LogP) is 0.656. The summed E-state index contributed by atoms with van der Waals surface area (Å²) in [5.41, 5.74) is 6.34. The molecule has 0 bridgehead atoms. The molecule has 0 aromatic heterocycles. The van der Waals surface area contributed by atoms with E-state index in [-0.39, 0.29) is 17.7 Å². The highest BCUT2D eigenvalue weighted by Gasteiger charge is 2.25. The molecule has 1 aromatic rings. The van der Waals surface area contributed by atoms with Crippen LogP contribution in [0.3, 0.4) is 0 Å². The lowest BCUT2D eigenvalue weighted by molar-refractivity contribution is -0.139. The predicted molar refractivity (Wildman–Crippen MR) is 91.7 cm³/mol. The molecule has 3 atom stereocenters. The molecule has 1 unspecified atom stereocenters. The minimum atomic E-state index is -1.21. The van der Waals surface area contributed by atoms with Gasteiger partial charge in [0.2, 0.25) is 11.8 Å². The van der Waals surface area contributed by atoms with Gasteiger partial charge in [0.15, 0.2) is 0 Å². The average Bonchev–Trinajstić information content (AvgIpc) is 2.57. The van der Waals surface area contributed by atoms with Crippen molar-refractivity contribution in [2.45, 2.75) is 51.2 Å². The second kappa shape index (κ2) is 9.63. The third-order valence-electron chi connectivity index (χ3n) is 3.79. The van der Waals surface area contributed by atoms with Crippen LogP contribution in [0.1, 0.15) is 44.7 Å². The summed E-state index contributed by atoms with van der Waals surface area (Å²) in [6.07, 6.45) is 0.456. The van der Waals surface area contributed by atoms with E-state index >= 15 is 0 Å². The lowest BCUT2D eigenvalue weighted by Crippen LogP contribution is -2.52. The van der Waals surface area contributed by atoms with Gasteiger partial charge in [-0.25, -0.2) is 0 Å². The van der Waals surface area contributed by atoms with Crippen LogP contribution < -0.4 is 16.4 Å². The van der Waals surface area contributed by atoms with Crippen molar-refractivity contribution in [2.75, 3.05) is 0 Å². The van der Waals surface area contributed by atoms with Gasteiger partial charge in [0.25, 0.3) is 0 Å². The van der Waals surface area contributed by atoms with E-state index in [9.17, 15) is 19.5 Å². The number of aromatic hydroxyl groups is 1. The van der Waals surface area contributed by atoms with Gasteiger partial charge in [0.1, 0.15) is 11.8 Å². The van der Waals surface area contributed by atoms with E-state index in [2.05, 4.69) is 10.6 Å². The Morgan fingerprint density at radius 3 is 2.12 bits per heavy atom. The van der Waals surface area contributed by atoms with E-state index in [1.54, 1.807) is 19.1 Å². The molecule has 0 aliphatic carbocycles. The Kier molecular flexibility index (Phi) is 7.87. The van der Waals surface area contributed by atoms with Gasteiger partial charge in [-0.05, 0) is 30.5 Å². The maximum absolute atomic E-state index is 12.4. The molecule has 0 radical (unpaired) electrons. The molecule has 8 nitrogen and oxygen atoms in total. The number of amides is 2. The Morgan fingerprint density at radius 1 is 1.04 bits per heavy atom. The van der Waals surface area contributed by atoms with E-state index in [4.69, 9.17) is 10.8 Å². The molecule has 6 N–H and O–H groups in total. The Hall–Kier alpha value is -2.61. The highest BCUT2D eigenvalue weighted by atomic mass is 16.4. The summed E-state index contributed by atoms with van der Waals surface area (Å²) in [7, 11) is 0. The largest absolute Gasteiger partial charge is 0.508 e. The molecule has 1 rings (SSSR count). The summed E-state index contributed by atoms with van der Waals surface area (Å²) in [4.78, 5) is 35.0. The molecular weight excluding hydrogens is 326 g/mol. The Balaban J connectivity index is 2.72. The SMILES string of the molecule is CCC(NC(=O)[C@H](CC)NC(=O)[C@@H](N)CC(=O)O)c1ccc(O)cc1. The number of benzene rings is 1. The first-order chi connectivity index (χ1) is 11.8. The van der Waals surface area contributed by atoms with E-state index in [1.165, 1.54) is 12.1 Å². The van der Waals surface area contributed by atoms with E-state index in [1.807, 2.05) is 6.92 Å². The summed E-state index contributed by atoms with van der Waals surface area (Å²) in [5.74, 6) is -2.10. The molecule has 0 fully saturated rings. The standard InChI is InChI=1S/C17H25N3O5/c1-3-13(10-5-7-11(21)8-6-10)19-17(25)14(4-2)20-16(24)12(18)9-15(22)23/h5-8,12-14,21H,3-4,9,18H2,1-2H3,(H,19,25)(H,20,24)(H,22,23)/t12-,13?,14-/m0/s1. The van der Waals surface area contributed by atoms with Crippen molar-refractivity contribution >= 4 is 17.8 Å². The maximum Gasteiger partial charge on any atom is 0.305 e. The van der Waals surface area contributed by atoms with Gasteiger partial charge >= 0.3 is 5.97 Å². The van der Waals surface area contributed by atoms with Gasteiger partial charge in [-0.15, -0.1) is 0 Å². The molecule has 0 spiro atoms. The number of carbonyl (C=O) groups excluding carboxylic acids is 2. The quantitative estimate of drug-likeness (QED) is 0.442. The molecule has 0 heterocycles. The fourth-order valence-electron chi connectivity index (χ4n) is 2.31. The van der Waals surface area contributed by atoms with Crippen molar-refractivity contribution in [3.05, 3.63) is 29.8 Å². The molecule has 0 aliphatic rings. The van der Waals surface area contributed by atoms with Gasteiger partial charge in [0, 0.05) is 0 Å². The highest BCUT2D eigenvalue weighted by Crippen LogP contribution is 2.19. The second-order valence-corrected chi connectivity index (χ2v) is 5.73. The molecule has 1 aromatic carbocycles. The minimum absolute atomic E-state index is 0.135. The van der Waals surface area contributed by atoms with Crippen molar-refractivity contribution < 1.29 is 24.6 Å². The van der Waals surface area contributed by atoms with Gasteiger partial charge in [-0.2, -0.15) is 0 Å². The lowest BCUT2D eigenvalue weighted by Gasteiger charge is -2.23. The Labute approximate surface area is 146 Å². The number of phenolic OH excluding ortho intramolecular Hbond substituents is 1. The number of hydrogen-bond donors (Lipinski definition) is 5. The third-order valence-corrected chi connectivity index (χ3v) is 3.79. The van der Waals surface area contributed by atoms with Crippen LogP contribution in [0.15, 0.2) is 24.3 Å². The highest BCUT2D eigenvalue weighted by molar-refractivity contribution is 5.91. The molecule has 138 valence electrons. The molecule has 2 amide bonds. The molecular formula is C17H25N3O5. The number of nitrogens with two attached hydrogens (primary N) is 1. The Bertz CT molecular complexity index is 603. The molecule has 8 heteroatoms. The average molecular weight is 351 g/mol. The number of nitrogens with one attached hydrogen (secondary N) is 2. The molecule has 0 saturated heterocycles. The summed E-state index contributed by atoms with van der Waals surface area (Å²) in [5, 5.41) is 23.3. The van der Waals surface area contributed by atoms with Crippen LogP contribution in [0.2, 0.25) is 0 Å². The van der Waals surface area contributed by atoms with Crippen molar-refractivity contribution in [1.29, 1.82) is 0 Å². The smallest absolute Gasteiger partial charge is 0.305 e. The number of aliphatic carboxylic acids is 1. The van der Waals surface area contributed by atoms with Crippen LogP contribution in [-0.2, 0) is 14.4 Å². The van der Waals surface area contributed by atoms with E-state index < -0.39 is 30.4 Å². The van der Waals surface area contributed by atoms with Crippen LogP contribution in [0.5, 0.6) is 5.75 Å². The number of phenols is 1. The first kappa shape index (κ1) is 20.4. The van der Waals surface area contributed by atoms with Crippen molar-refractivity contribution in [1.82, 2.24) is 10.6 Å². The first-order valence-electron chi connectivity index (χ1n) is 8.15. The van der Waals surface area contributed by atoms with Gasteiger partial charge in [-0.3, -0.25) is 14.4 Å². The second-order valence-electron chi connectivity index (χ2n) is 5.73. The molecule has 25 heavy (non-hydrogen) atoms. The van der Waals surface area contributed by atoms with E-state index in [0.29, 0.717) is 12.8 Å². The Morgan fingerprint density at radius 2 is 1.64 bits per heavy atom. The summed E-state index contributed by atoms with van der Waals surface area (Å²) in [6, 6.07) is 4.21. The maximum atomic E-state index is 12.4. The van der Waals surface area contributed by atoms with Crippen LogP contribution in [0, 0.1) is 0 Å². The number of carboxylic acid groups (broad SMARTS) is 1. The fourth-order valence-corrected chi connectivity index (χ4v) is 2.31. The van der Waals surface area contributed by atoms with Crippen LogP contribution in [-0.4, -0.2) is 40.1 Å². The van der Waals surface area contributed by atoms with Crippen LogP contribution in [0.25, 0.3) is 0 Å². The summed E-state index contributed by atoms with van der Waals surface area (Å²) >= 11 is 0. The minimum Gasteiger partial charge on any atom is -0.508 e. The topological polar surface area (TPSA) is 142 Å². The monoisotopic (exact) mass is 351 g/mol. The van der Waals surface area contributed by atoms with Gasteiger partial charge in [-0.1, -0.05) is 26.0 Å². The van der Waals surface area contributed by atoms with Crippen molar-refractivity contribution in [3.8, 4) is 5.75 Å². The van der Waals surface area contributed by atoms with Crippen molar-refractivity contribution in [2.24, 2.45) is 5.73 Å². The zero-order chi connectivity index (χ0) is 19.0. The van der Waals surface area contributed by atoms with Crippen LogP contribution in [0.4, 0.5) is 0 Å². The normalized spacial score (nSPS) is 14.2. The third kappa shape index (κ3) is 6.42. The zero-order valence-electron chi connectivity index (χ0n) is 14.4.